The summed E-state index contributed by atoms with van der Waals surface area (Å²) in [6, 6.07) is 12.1. The molecule has 2 aliphatic rings. The fourth-order valence-corrected chi connectivity index (χ4v) is 8.01. The van der Waals surface area contributed by atoms with Crippen LogP contribution in [0.2, 0.25) is 0 Å². The third-order valence-corrected chi connectivity index (χ3v) is 11.0. The van der Waals surface area contributed by atoms with Gasteiger partial charge in [0.15, 0.2) is 23.5 Å². The molecule has 23 nitrogen and oxygen atoms in total. The van der Waals surface area contributed by atoms with Gasteiger partial charge in [-0.15, -0.1) is 0 Å². The monoisotopic (exact) mass is 850 g/mol. The number of nitriles is 1. The van der Waals surface area contributed by atoms with Gasteiger partial charge >= 0.3 is 14.0 Å². The molecule has 7 rings (SSSR count). The van der Waals surface area contributed by atoms with Crippen LogP contribution in [0.15, 0.2) is 60.0 Å². The third kappa shape index (κ3) is 9.19. The molecule has 60 heavy (non-hydrogen) atoms. The highest BCUT2D eigenvalue weighted by atomic mass is 31.2. The van der Waals surface area contributed by atoms with E-state index in [1.807, 2.05) is 6.07 Å². The number of phosphoric ester groups is 1. The average molecular weight is 851 g/mol. The molecular formula is C36H39N10O13P. The van der Waals surface area contributed by atoms with Gasteiger partial charge in [0.2, 0.25) is 11.9 Å². The number of aliphatic hydroxyl groups is 1. The molecule has 24 heteroatoms. The molecule has 316 valence electrons. The van der Waals surface area contributed by atoms with Gasteiger partial charge < -0.3 is 34.3 Å². The van der Waals surface area contributed by atoms with Crippen LogP contribution >= 0.6 is 7.82 Å². The number of ether oxygens (including phenoxy) is 3. The molecule has 0 spiro atoms. The van der Waals surface area contributed by atoms with Gasteiger partial charge in [0.1, 0.15) is 36.2 Å². The smallest absolute Gasteiger partial charge is 0.450 e. The van der Waals surface area contributed by atoms with Gasteiger partial charge in [-0.3, -0.25) is 42.8 Å². The Balaban J connectivity index is 1.07. The number of anilines is 2. The number of carboxylic acid groups (broad SMARTS) is 1. The molecule has 1 aromatic carbocycles. The summed E-state index contributed by atoms with van der Waals surface area (Å²) >= 11 is 0. The molecule has 2 amide bonds. The first-order chi connectivity index (χ1) is 28.9. The number of aliphatic hydroxyl groups excluding tert-OH is 1. The lowest BCUT2D eigenvalue weighted by Crippen LogP contribution is -2.28. The summed E-state index contributed by atoms with van der Waals surface area (Å²) in [5.41, 5.74) is -0.0691. The van der Waals surface area contributed by atoms with Crippen molar-refractivity contribution in [3.8, 4) is 6.07 Å². The largest absolute Gasteiger partial charge is 0.506 e. The van der Waals surface area contributed by atoms with E-state index in [9.17, 15) is 34.0 Å². The standard InChI is InChI=1S/C36H39N10O13P/c1-19(2)31(48)43-35-42-30-27(33(50)44-35)40-18-46(30)34-24(58-36(51)52)13-21(56-34)16-55-60(53,54-12-6-10-37)59-23-14-26(57-25(23)15-47)45-11-9-22-28(38-17-39-29(22)45)41-32(49)20-7-4-3-5-8-20/h3-5,7-9,11,17-19,21,23-26,34,47H,6,12-16H2,1-2H3,(H,51,52)(H,38,39,41,49)(H2,42,43,44,48,50)/t21-,23-,24+,25+,26+,34+,60?/m0/s1. The Labute approximate surface area is 339 Å². The second-order valence-electron chi connectivity index (χ2n) is 13.9. The van der Waals surface area contributed by atoms with Gasteiger partial charge in [0.25, 0.3) is 11.5 Å². The molecule has 0 radical (unpaired) electrons. The summed E-state index contributed by atoms with van der Waals surface area (Å²) in [5.74, 6) is -1.17. The molecule has 7 atom stereocenters. The Bertz CT molecular complexity index is 2520. The highest BCUT2D eigenvalue weighted by Crippen LogP contribution is 2.54. The van der Waals surface area contributed by atoms with Crippen LogP contribution in [0.3, 0.4) is 0 Å². The summed E-state index contributed by atoms with van der Waals surface area (Å²) in [6.07, 6.45) is -4.25. The first-order valence-electron chi connectivity index (χ1n) is 18.6. The Morgan fingerprint density at radius 3 is 2.58 bits per heavy atom. The van der Waals surface area contributed by atoms with Crippen LogP contribution < -0.4 is 16.2 Å². The van der Waals surface area contributed by atoms with Crippen molar-refractivity contribution in [2.75, 3.05) is 30.5 Å². The molecule has 4 aromatic heterocycles. The number of nitrogens with zero attached hydrogens (tertiary/aromatic N) is 7. The number of amides is 2. The van der Waals surface area contributed by atoms with E-state index in [1.54, 1.807) is 61.0 Å². The van der Waals surface area contributed by atoms with Gasteiger partial charge in [-0.1, -0.05) is 32.0 Å². The Morgan fingerprint density at radius 2 is 1.85 bits per heavy atom. The molecule has 1 unspecified atom stereocenters. The second-order valence-corrected chi connectivity index (χ2v) is 15.5. The molecule has 0 saturated carbocycles. The second kappa shape index (κ2) is 18.0. The maximum Gasteiger partial charge on any atom is 0.506 e. The predicted octanol–water partition coefficient (Wildman–Crippen LogP) is 3.48. The van der Waals surface area contributed by atoms with Crippen LogP contribution in [0.25, 0.3) is 22.2 Å². The van der Waals surface area contributed by atoms with Gasteiger partial charge in [-0.05, 0) is 18.2 Å². The van der Waals surface area contributed by atoms with E-state index in [0.717, 1.165) is 0 Å². The van der Waals surface area contributed by atoms with E-state index < -0.39 is 81.4 Å². The lowest BCUT2D eigenvalue weighted by molar-refractivity contribution is -0.118. The minimum Gasteiger partial charge on any atom is -0.450 e. The van der Waals surface area contributed by atoms with Crippen LogP contribution in [-0.2, 0) is 37.1 Å². The Kier molecular flexibility index (Phi) is 12.6. The van der Waals surface area contributed by atoms with Gasteiger partial charge in [0.05, 0.1) is 50.1 Å². The number of imidazole rings is 1. The van der Waals surface area contributed by atoms with Crippen LogP contribution in [0.5, 0.6) is 0 Å². The van der Waals surface area contributed by atoms with Crippen molar-refractivity contribution in [3.63, 3.8) is 0 Å². The van der Waals surface area contributed by atoms with Crippen molar-refractivity contribution in [1.82, 2.24) is 34.1 Å². The van der Waals surface area contributed by atoms with Gasteiger partial charge in [-0.2, -0.15) is 10.2 Å². The number of hydrogen-bond acceptors (Lipinski definition) is 17. The zero-order valence-corrected chi connectivity index (χ0v) is 32.8. The first-order valence-corrected chi connectivity index (χ1v) is 20.0. The minimum atomic E-state index is -4.59. The van der Waals surface area contributed by atoms with Crippen molar-refractivity contribution < 1.29 is 56.9 Å². The number of carbonyl (C=O) groups excluding carboxylic acids is 2. The van der Waals surface area contributed by atoms with E-state index in [4.69, 9.17) is 33.0 Å². The molecule has 6 heterocycles. The molecular weight excluding hydrogens is 811 g/mol. The predicted molar refractivity (Wildman–Crippen MR) is 205 cm³/mol. The first kappa shape index (κ1) is 42.0. The summed E-state index contributed by atoms with van der Waals surface area (Å²) < 4.78 is 51.6. The number of carbonyl (C=O) groups is 3. The van der Waals surface area contributed by atoms with Crippen LogP contribution in [0.1, 0.15) is 55.9 Å². The van der Waals surface area contributed by atoms with E-state index in [0.29, 0.717) is 16.6 Å². The topological polar surface area (TPSA) is 306 Å². The minimum absolute atomic E-state index is 0.00957. The highest BCUT2D eigenvalue weighted by molar-refractivity contribution is 7.48. The van der Waals surface area contributed by atoms with Crippen LogP contribution in [0, 0.1) is 17.2 Å². The van der Waals surface area contributed by atoms with Crippen molar-refractivity contribution in [2.24, 2.45) is 5.92 Å². The third-order valence-electron chi connectivity index (χ3n) is 9.46. The van der Waals surface area contributed by atoms with Crippen molar-refractivity contribution >= 4 is 59.8 Å². The summed E-state index contributed by atoms with van der Waals surface area (Å²) in [4.78, 5) is 69.2. The molecule has 0 bridgehead atoms. The summed E-state index contributed by atoms with van der Waals surface area (Å²) in [5, 5.41) is 34.8. The highest BCUT2D eigenvalue weighted by Gasteiger charge is 2.45. The number of fused-ring (bicyclic) bond motifs is 2. The lowest BCUT2D eigenvalue weighted by Gasteiger charge is -2.24. The lowest BCUT2D eigenvalue weighted by atomic mass is 10.2. The molecule has 2 saturated heterocycles. The van der Waals surface area contributed by atoms with Crippen molar-refractivity contribution in [1.29, 1.82) is 5.26 Å². The van der Waals surface area contributed by atoms with Gasteiger partial charge in [-0.25, -0.2) is 24.3 Å². The quantitative estimate of drug-likeness (QED) is 0.0539. The van der Waals surface area contributed by atoms with E-state index >= 15 is 0 Å². The number of hydrogen-bond donors (Lipinski definition) is 5. The van der Waals surface area contributed by atoms with Crippen molar-refractivity contribution in [3.05, 3.63) is 71.2 Å². The summed E-state index contributed by atoms with van der Waals surface area (Å²) in [7, 11) is -4.59. The van der Waals surface area contributed by atoms with E-state index in [2.05, 4.69) is 35.6 Å². The number of H-pyrrole nitrogens is 1. The maximum atomic E-state index is 14.2. The normalized spacial score (nSPS) is 22.4. The summed E-state index contributed by atoms with van der Waals surface area (Å²) in [6.45, 7) is 1.86. The number of phosphoric acid groups is 1. The van der Waals surface area contributed by atoms with Crippen molar-refractivity contribution in [2.45, 2.75) is 70.0 Å². The maximum absolute atomic E-state index is 14.2. The fourth-order valence-electron chi connectivity index (χ4n) is 6.60. The Morgan fingerprint density at radius 1 is 1.05 bits per heavy atom. The van der Waals surface area contributed by atoms with Crippen LogP contribution in [0.4, 0.5) is 16.6 Å². The average Bonchev–Trinajstić information content (AvgIpc) is 4.03. The fraction of sp³-hybridized carbons (Fsp3) is 0.417. The SMILES string of the molecule is CC(C)C(=O)Nc1nc2c(ncn2[C@@H]2O[C@H](COP(=O)(OCCC#N)O[C@H]3C[C@H](n4ccc5c(NC(=O)c6ccccc6)ncnc54)O[C@@H]3CO)C[C@H]2OC(=O)O)c(=O)[nH]1. The number of rotatable bonds is 16. The van der Waals surface area contributed by atoms with E-state index in [1.165, 1.54) is 17.2 Å². The van der Waals surface area contributed by atoms with E-state index in [-0.39, 0.29) is 54.7 Å². The number of nitrogens with one attached hydrogen (secondary N) is 3. The Hall–Kier alpha value is -6.12. The number of aromatic amines is 1. The molecule has 0 aliphatic carbocycles. The molecule has 2 fully saturated rings. The number of aromatic nitrogens is 7. The molecule has 2 aliphatic heterocycles. The van der Waals surface area contributed by atoms with Gasteiger partial charge in [0, 0.05) is 30.5 Å². The molecule has 5 N–H and O–H groups in total. The zero-order valence-electron chi connectivity index (χ0n) is 31.9. The van der Waals surface area contributed by atoms with Crippen LogP contribution in [-0.4, -0.2) is 106 Å². The number of benzene rings is 1. The molecule has 5 aromatic rings. The zero-order chi connectivity index (χ0) is 42.6.